The van der Waals surface area contributed by atoms with Crippen molar-refractivity contribution in [3.8, 4) is 0 Å². The highest BCUT2D eigenvalue weighted by atomic mass is 19.1. The van der Waals surface area contributed by atoms with E-state index in [0.717, 1.165) is 30.5 Å². The molecule has 1 heterocycles. The van der Waals surface area contributed by atoms with Crippen molar-refractivity contribution in [3.05, 3.63) is 102 Å². The number of aryl methyl sites for hydroxylation is 1. The van der Waals surface area contributed by atoms with Crippen LogP contribution in [0, 0.1) is 11.7 Å². The molecule has 1 aliphatic heterocycles. The van der Waals surface area contributed by atoms with Gasteiger partial charge in [-0.2, -0.15) is 0 Å². The number of halogens is 1. The summed E-state index contributed by atoms with van der Waals surface area (Å²) in [6.45, 7) is 0. The molecule has 3 heteroatoms. The molecule has 0 aliphatic carbocycles. The van der Waals surface area contributed by atoms with Crippen LogP contribution in [0.2, 0.25) is 0 Å². The minimum atomic E-state index is -0.289. The van der Waals surface area contributed by atoms with Gasteiger partial charge in [-0.25, -0.2) is 4.39 Å². The number of carbonyl (C=O) groups is 1. The van der Waals surface area contributed by atoms with Gasteiger partial charge in [-0.05, 0) is 54.7 Å². The lowest BCUT2D eigenvalue weighted by Crippen LogP contribution is -2.55. The van der Waals surface area contributed by atoms with Crippen molar-refractivity contribution < 1.29 is 9.18 Å². The topological polar surface area (TPSA) is 20.3 Å². The van der Waals surface area contributed by atoms with Gasteiger partial charge in [-0.15, -0.1) is 0 Å². The molecule has 27 heavy (non-hydrogen) atoms. The van der Waals surface area contributed by atoms with Gasteiger partial charge in [-0.3, -0.25) is 4.79 Å². The van der Waals surface area contributed by atoms with Crippen LogP contribution in [0.4, 0.5) is 10.1 Å². The van der Waals surface area contributed by atoms with Crippen molar-refractivity contribution in [2.24, 2.45) is 5.92 Å². The van der Waals surface area contributed by atoms with Crippen molar-refractivity contribution in [2.45, 2.75) is 25.3 Å². The van der Waals surface area contributed by atoms with Crippen LogP contribution in [0.1, 0.15) is 30.0 Å². The number of β-lactam (4-membered cyclic amide) rings is 1. The highest BCUT2D eigenvalue weighted by molar-refractivity contribution is 6.03. The second kappa shape index (κ2) is 7.75. The summed E-state index contributed by atoms with van der Waals surface area (Å²) >= 11 is 0. The fraction of sp³-hybridized carbons (Fsp3) is 0.208. The lowest BCUT2D eigenvalue weighted by molar-refractivity contribution is -0.130. The highest BCUT2D eigenvalue weighted by Gasteiger charge is 2.48. The van der Waals surface area contributed by atoms with Crippen LogP contribution in [0.15, 0.2) is 84.9 Å². The molecular weight excluding hydrogens is 337 g/mol. The van der Waals surface area contributed by atoms with Gasteiger partial charge in [0.1, 0.15) is 5.82 Å². The molecule has 0 bridgehead atoms. The average molecular weight is 359 g/mol. The monoisotopic (exact) mass is 359 g/mol. The largest absolute Gasteiger partial charge is 0.304 e. The van der Waals surface area contributed by atoms with Gasteiger partial charge in [0.05, 0.1) is 12.0 Å². The number of amides is 1. The number of hydrogen-bond donors (Lipinski definition) is 0. The Morgan fingerprint density at radius 1 is 0.815 bits per heavy atom. The number of nitrogens with zero attached hydrogens (tertiary/aromatic N) is 1. The van der Waals surface area contributed by atoms with Crippen LogP contribution < -0.4 is 4.90 Å². The molecule has 0 aromatic heterocycles. The molecule has 3 aromatic carbocycles. The van der Waals surface area contributed by atoms with Crippen molar-refractivity contribution in [2.75, 3.05) is 4.90 Å². The van der Waals surface area contributed by atoms with E-state index in [1.54, 1.807) is 12.1 Å². The zero-order chi connectivity index (χ0) is 18.6. The number of anilines is 1. The van der Waals surface area contributed by atoms with E-state index in [-0.39, 0.29) is 23.7 Å². The molecule has 136 valence electrons. The standard InChI is InChI=1S/C24H22FNO/c25-20-14-16-21(17-15-20)26-23(19-11-5-2-6-12-19)22(24(26)27)13-7-10-18-8-3-1-4-9-18/h1-6,8-9,11-12,14-17,22-23H,7,10,13H2/t22-,23-/m1/s1. The Bertz CT molecular complexity index is 893. The molecule has 1 aliphatic rings. The molecule has 3 aromatic rings. The van der Waals surface area contributed by atoms with Crippen LogP contribution in [-0.4, -0.2) is 5.91 Å². The zero-order valence-electron chi connectivity index (χ0n) is 15.1. The summed E-state index contributed by atoms with van der Waals surface area (Å²) in [5, 5.41) is 0. The first kappa shape index (κ1) is 17.5. The van der Waals surface area contributed by atoms with Gasteiger partial charge in [0.2, 0.25) is 5.91 Å². The molecule has 1 amide bonds. The van der Waals surface area contributed by atoms with Crippen molar-refractivity contribution in [3.63, 3.8) is 0 Å². The first-order valence-corrected chi connectivity index (χ1v) is 9.41. The van der Waals surface area contributed by atoms with E-state index < -0.39 is 0 Å². The third-order valence-corrected chi connectivity index (χ3v) is 5.28. The second-order valence-corrected chi connectivity index (χ2v) is 7.02. The van der Waals surface area contributed by atoms with Crippen LogP contribution in [0.3, 0.4) is 0 Å². The summed E-state index contributed by atoms with van der Waals surface area (Å²) in [6.07, 6.45) is 2.80. The summed E-state index contributed by atoms with van der Waals surface area (Å²) in [5.74, 6) is -0.188. The number of carbonyl (C=O) groups excluding carboxylic acids is 1. The van der Waals surface area contributed by atoms with E-state index in [2.05, 4.69) is 24.3 Å². The zero-order valence-corrected chi connectivity index (χ0v) is 15.1. The van der Waals surface area contributed by atoms with Crippen molar-refractivity contribution in [1.29, 1.82) is 0 Å². The van der Waals surface area contributed by atoms with E-state index in [1.165, 1.54) is 17.7 Å². The van der Waals surface area contributed by atoms with Gasteiger partial charge in [0.25, 0.3) is 0 Å². The third-order valence-electron chi connectivity index (χ3n) is 5.28. The lowest BCUT2D eigenvalue weighted by Gasteiger charge is -2.47. The van der Waals surface area contributed by atoms with E-state index in [4.69, 9.17) is 0 Å². The quantitative estimate of drug-likeness (QED) is 0.528. The van der Waals surface area contributed by atoms with Gasteiger partial charge < -0.3 is 4.90 Å². The molecule has 0 radical (unpaired) electrons. The smallest absolute Gasteiger partial charge is 0.233 e. The number of rotatable bonds is 6. The molecule has 2 atom stereocenters. The maximum Gasteiger partial charge on any atom is 0.233 e. The summed E-state index contributed by atoms with van der Waals surface area (Å²) in [6, 6.07) is 26.7. The molecule has 1 saturated heterocycles. The van der Waals surface area contributed by atoms with E-state index >= 15 is 0 Å². The fourth-order valence-corrected chi connectivity index (χ4v) is 3.92. The summed E-state index contributed by atoms with van der Waals surface area (Å²) < 4.78 is 13.3. The minimum absolute atomic E-state index is 0.0138. The van der Waals surface area contributed by atoms with Crippen LogP contribution in [0.5, 0.6) is 0 Å². The van der Waals surface area contributed by atoms with Crippen molar-refractivity contribution >= 4 is 11.6 Å². The normalized spacial score (nSPS) is 19.0. The molecule has 0 spiro atoms. The van der Waals surface area contributed by atoms with Gasteiger partial charge in [0, 0.05) is 5.69 Å². The predicted molar refractivity (Wildman–Crippen MR) is 106 cm³/mol. The SMILES string of the molecule is O=C1[C@H](CCCc2ccccc2)[C@@H](c2ccccc2)N1c1ccc(F)cc1. The van der Waals surface area contributed by atoms with Gasteiger partial charge in [0.15, 0.2) is 0 Å². The molecular formula is C24H22FNO. The Hall–Kier alpha value is -2.94. The van der Waals surface area contributed by atoms with Crippen LogP contribution >= 0.6 is 0 Å². The first-order chi connectivity index (χ1) is 13.2. The average Bonchev–Trinajstić information content (AvgIpc) is 2.72. The summed E-state index contributed by atoms with van der Waals surface area (Å²) in [4.78, 5) is 14.7. The number of hydrogen-bond acceptors (Lipinski definition) is 1. The molecule has 1 fully saturated rings. The van der Waals surface area contributed by atoms with E-state index in [0.29, 0.717) is 0 Å². The molecule has 0 N–H and O–H groups in total. The third kappa shape index (κ3) is 3.63. The lowest BCUT2D eigenvalue weighted by atomic mass is 9.78. The molecule has 4 rings (SSSR count). The van der Waals surface area contributed by atoms with Crippen LogP contribution in [0.25, 0.3) is 0 Å². The predicted octanol–water partition coefficient (Wildman–Crippen LogP) is 5.55. The minimum Gasteiger partial charge on any atom is -0.304 e. The van der Waals surface area contributed by atoms with E-state index in [9.17, 15) is 9.18 Å². The highest BCUT2D eigenvalue weighted by Crippen LogP contribution is 2.45. The Kier molecular flexibility index (Phi) is 5.01. The Morgan fingerprint density at radius 3 is 2.11 bits per heavy atom. The summed E-state index contributed by atoms with van der Waals surface area (Å²) in [7, 11) is 0. The maximum atomic E-state index is 13.3. The van der Waals surface area contributed by atoms with Crippen molar-refractivity contribution in [1.82, 2.24) is 0 Å². The van der Waals surface area contributed by atoms with Gasteiger partial charge in [-0.1, -0.05) is 60.7 Å². The maximum absolute atomic E-state index is 13.3. The number of benzene rings is 3. The van der Waals surface area contributed by atoms with Gasteiger partial charge >= 0.3 is 0 Å². The summed E-state index contributed by atoms with van der Waals surface area (Å²) in [5.41, 5.74) is 3.19. The Labute approximate surface area is 159 Å². The molecule has 2 nitrogen and oxygen atoms in total. The van der Waals surface area contributed by atoms with E-state index in [1.807, 2.05) is 41.3 Å². The Morgan fingerprint density at radius 2 is 1.44 bits per heavy atom. The first-order valence-electron chi connectivity index (χ1n) is 9.41. The molecule has 0 unspecified atom stereocenters. The molecule has 0 saturated carbocycles. The second-order valence-electron chi connectivity index (χ2n) is 7.02. The Balaban J connectivity index is 1.52. The fourth-order valence-electron chi connectivity index (χ4n) is 3.92. The van der Waals surface area contributed by atoms with Crippen LogP contribution in [-0.2, 0) is 11.2 Å².